The highest BCUT2D eigenvalue weighted by molar-refractivity contribution is 8.00. The molecule has 5 heteroatoms. The fraction of sp³-hybridized carbons (Fsp3) is 0.533. The molecule has 1 aliphatic carbocycles. The van der Waals surface area contributed by atoms with Crippen LogP contribution >= 0.6 is 11.8 Å². The summed E-state index contributed by atoms with van der Waals surface area (Å²) < 4.78 is 13.4. The molecule has 2 rings (SSSR count). The summed E-state index contributed by atoms with van der Waals surface area (Å²) in [6, 6.07) is 6.42. The first-order chi connectivity index (χ1) is 9.65. The van der Waals surface area contributed by atoms with Crippen LogP contribution in [0.3, 0.4) is 0 Å². The van der Waals surface area contributed by atoms with Crippen LogP contribution in [0.4, 0.5) is 4.39 Å². The van der Waals surface area contributed by atoms with Gasteiger partial charge in [0.25, 0.3) is 0 Å². The second kappa shape index (κ2) is 7.09. The maximum atomic E-state index is 13.4. The molecule has 1 saturated carbocycles. The van der Waals surface area contributed by atoms with E-state index in [0.717, 1.165) is 32.1 Å². The Bertz CT molecular complexity index is 461. The molecular formula is C15H20FNO2S. The first-order valence-corrected chi connectivity index (χ1v) is 7.93. The number of hydrogen-bond donors (Lipinski definition) is 2. The van der Waals surface area contributed by atoms with Crippen LogP contribution in [0, 0.1) is 5.82 Å². The monoisotopic (exact) mass is 297 g/mol. The lowest BCUT2D eigenvalue weighted by Gasteiger charge is -2.36. The van der Waals surface area contributed by atoms with Crippen molar-refractivity contribution < 1.29 is 14.3 Å². The minimum absolute atomic E-state index is 0.0247. The summed E-state index contributed by atoms with van der Waals surface area (Å²) in [5.74, 6) is -0.281. The van der Waals surface area contributed by atoms with Gasteiger partial charge in [0.15, 0.2) is 0 Å². The van der Waals surface area contributed by atoms with Crippen molar-refractivity contribution >= 4 is 17.7 Å². The van der Waals surface area contributed by atoms with E-state index < -0.39 is 5.54 Å². The number of aliphatic hydroxyl groups is 1. The molecule has 0 aromatic heterocycles. The van der Waals surface area contributed by atoms with Gasteiger partial charge >= 0.3 is 0 Å². The van der Waals surface area contributed by atoms with Gasteiger partial charge < -0.3 is 10.4 Å². The molecule has 1 amide bonds. The quantitative estimate of drug-likeness (QED) is 0.822. The number of thioether (sulfide) groups is 1. The number of carbonyl (C=O) groups is 1. The number of amides is 1. The van der Waals surface area contributed by atoms with Crippen LogP contribution in [0.15, 0.2) is 29.2 Å². The Morgan fingerprint density at radius 2 is 2.00 bits per heavy atom. The average molecular weight is 297 g/mol. The smallest absolute Gasteiger partial charge is 0.230 e. The highest BCUT2D eigenvalue weighted by Crippen LogP contribution is 2.28. The highest BCUT2D eigenvalue weighted by atomic mass is 32.2. The summed E-state index contributed by atoms with van der Waals surface area (Å²) in [6.07, 6.45) is 4.85. The van der Waals surface area contributed by atoms with Crippen LogP contribution in [0.2, 0.25) is 0 Å². The summed E-state index contributed by atoms with van der Waals surface area (Å²) >= 11 is 1.18. The Balaban J connectivity index is 1.87. The Morgan fingerprint density at radius 3 is 2.65 bits per heavy atom. The van der Waals surface area contributed by atoms with Crippen LogP contribution in [-0.4, -0.2) is 28.9 Å². The molecule has 1 aliphatic rings. The predicted octanol–water partition coefficient (Wildman–Crippen LogP) is 2.73. The molecule has 0 spiro atoms. The Kier molecular flexibility index (Phi) is 5.43. The molecule has 2 N–H and O–H groups in total. The number of hydrogen-bond acceptors (Lipinski definition) is 3. The summed E-state index contributed by atoms with van der Waals surface area (Å²) in [5.41, 5.74) is -0.467. The van der Waals surface area contributed by atoms with Gasteiger partial charge in [0.2, 0.25) is 5.91 Å². The summed E-state index contributed by atoms with van der Waals surface area (Å²) in [7, 11) is 0. The molecule has 20 heavy (non-hydrogen) atoms. The molecule has 110 valence electrons. The number of aliphatic hydroxyl groups excluding tert-OH is 1. The second-order valence-electron chi connectivity index (χ2n) is 5.27. The van der Waals surface area contributed by atoms with Gasteiger partial charge in [-0.1, -0.05) is 31.4 Å². The highest BCUT2D eigenvalue weighted by Gasteiger charge is 2.32. The third-order valence-electron chi connectivity index (χ3n) is 3.71. The van der Waals surface area contributed by atoms with Gasteiger partial charge in [0.1, 0.15) is 5.82 Å². The third kappa shape index (κ3) is 3.96. The van der Waals surface area contributed by atoms with E-state index >= 15 is 0 Å². The van der Waals surface area contributed by atoms with Crippen molar-refractivity contribution in [3.8, 4) is 0 Å². The Labute approximate surface area is 123 Å². The molecule has 0 saturated heterocycles. The van der Waals surface area contributed by atoms with Gasteiger partial charge in [0, 0.05) is 4.90 Å². The maximum Gasteiger partial charge on any atom is 0.230 e. The first kappa shape index (κ1) is 15.3. The predicted molar refractivity (Wildman–Crippen MR) is 78.2 cm³/mol. The molecular weight excluding hydrogens is 277 g/mol. The van der Waals surface area contributed by atoms with Gasteiger partial charge in [-0.3, -0.25) is 4.79 Å². The van der Waals surface area contributed by atoms with Crippen molar-refractivity contribution in [3.63, 3.8) is 0 Å². The zero-order valence-corrected chi connectivity index (χ0v) is 12.2. The van der Waals surface area contributed by atoms with E-state index in [1.165, 1.54) is 17.8 Å². The number of halogens is 1. The van der Waals surface area contributed by atoms with Crippen molar-refractivity contribution in [1.29, 1.82) is 0 Å². The number of benzene rings is 1. The van der Waals surface area contributed by atoms with E-state index in [-0.39, 0.29) is 24.1 Å². The van der Waals surface area contributed by atoms with Gasteiger partial charge in [-0.25, -0.2) is 4.39 Å². The van der Waals surface area contributed by atoms with Gasteiger partial charge in [-0.05, 0) is 25.0 Å². The molecule has 3 nitrogen and oxygen atoms in total. The van der Waals surface area contributed by atoms with Gasteiger partial charge in [0.05, 0.1) is 17.9 Å². The number of rotatable bonds is 5. The SMILES string of the molecule is O=C(CSc1ccccc1F)NC1(CO)CCCCC1. The van der Waals surface area contributed by atoms with Crippen LogP contribution in [0.5, 0.6) is 0 Å². The largest absolute Gasteiger partial charge is 0.394 e. The van der Waals surface area contributed by atoms with Gasteiger partial charge in [-0.15, -0.1) is 11.8 Å². The van der Waals surface area contributed by atoms with E-state index in [1.807, 2.05) is 0 Å². The topological polar surface area (TPSA) is 49.3 Å². The van der Waals surface area contributed by atoms with Crippen molar-refractivity contribution in [2.45, 2.75) is 42.5 Å². The summed E-state index contributed by atoms with van der Waals surface area (Å²) in [5, 5.41) is 12.5. The van der Waals surface area contributed by atoms with E-state index in [9.17, 15) is 14.3 Å². The fourth-order valence-corrected chi connectivity index (χ4v) is 3.33. The molecule has 0 bridgehead atoms. The summed E-state index contributed by atoms with van der Waals surface area (Å²) in [6.45, 7) is -0.0247. The molecule has 0 aliphatic heterocycles. The Morgan fingerprint density at radius 1 is 1.30 bits per heavy atom. The average Bonchev–Trinajstić information content (AvgIpc) is 2.47. The van der Waals surface area contributed by atoms with Crippen LogP contribution in [0.25, 0.3) is 0 Å². The molecule has 0 unspecified atom stereocenters. The van der Waals surface area contributed by atoms with Gasteiger partial charge in [-0.2, -0.15) is 0 Å². The lowest BCUT2D eigenvalue weighted by atomic mass is 9.82. The lowest BCUT2D eigenvalue weighted by Crippen LogP contribution is -2.53. The number of carbonyl (C=O) groups excluding carboxylic acids is 1. The van der Waals surface area contributed by atoms with Crippen LogP contribution in [-0.2, 0) is 4.79 Å². The lowest BCUT2D eigenvalue weighted by molar-refractivity contribution is -0.121. The molecule has 0 radical (unpaired) electrons. The molecule has 1 aromatic carbocycles. The zero-order valence-electron chi connectivity index (χ0n) is 11.4. The van der Waals surface area contributed by atoms with E-state index in [1.54, 1.807) is 18.2 Å². The van der Waals surface area contributed by atoms with Crippen molar-refractivity contribution in [2.75, 3.05) is 12.4 Å². The van der Waals surface area contributed by atoms with Crippen molar-refractivity contribution in [1.82, 2.24) is 5.32 Å². The first-order valence-electron chi connectivity index (χ1n) is 6.94. The normalized spacial score (nSPS) is 17.7. The standard InChI is InChI=1S/C15H20FNO2S/c16-12-6-2-3-7-13(12)20-10-14(19)17-15(11-18)8-4-1-5-9-15/h2-3,6-7,18H,1,4-5,8-11H2,(H,17,19). The van der Waals surface area contributed by atoms with Crippen molar-refractivity contribution in [2.24, 2.45) is 0 Å². The third-order valence-corrected chi connectivity index (χ3v) is 4.76. The fourth-order valence-electron chi connectivity index (χ4n) is 2.59. The van der Waals surface area contributed by atoms with Crippen LogP contribution < -0.4 is 5.32 Å². The van der Waals surface area contributed by atoms with E-state index in [2.05, 4.69) is 5.32 Å². The van der Waals surface area contributed by atoms with E-state index in [4.69, 9.17) is 0 Å². The van der Waals surface area contributed by atoms with E-state index in [0.29, 0.717) is 4.90 Å². The Hall–Kier alpha value is -1.07. The zero-order chi connectivity index (χ0) is 14.4. The molecule has 1 aromatic rings. The minimum atomic E-state index is -0.467. The molecule has 0 atom stereocenters. The number of nitrogens with one attached hydrogen (secondary N) is 1. The summed E-state index contributed by atoms with van der Waals surface area (Å²) in [4.78, 5) is 12.5. The molecule has 1 fully saturated rings. The maximum absolute atomic E-state index is 13.4. The van der Waals surface area contributed by atoms with Crippen LogP contribution in [0.1, 0.15) is 32.1 Å². The second-order valence-corrected chi connectivity index (χ2v) is 6.28. The van der Waals surface area contributed by atoms with Crippen molar-refractivity contribution in [3.05, 3.63) is 30.1 Å². The minimum Gasteiger partial charge on any atom is -0.394 e. The molecule has 0 heterocycles.